The summed E-state index contributed by atoms with van der Waals surface area (Å²) in [6, 6.07) is 4.37. The molecular weight excluding hydrogens is 265 g/mol. The van der Waals surface area contributed by atoms with E-state index in [0.29, 0.717) is 18.8 Å². The number of urea groups is 1. The summed E-state index contributed by atoms with van der Waals surface area (Å²) in [4.78, 5) is 25.3. The molecule has 1 fully saturated rings. The molecule has 0 spiro atoms. The maximum absolute atomic E-state index is 12.8. The number of nitrogens with zero attached hydrogens (tertiary/aromatic N) is 1. The number of benzene rings is 1. The van der Waals surface area contributed by atoms with E-state index < -0.39 is 12.1 Å². The number of hydrogen-bond acceptors (Lipinski definition) is 3. The van der Waals surface area contributed by atoms with E-state index >= 15 is 0 Å². The van der Waals surface area contributed by atoms with Crippen LogP contribution in [0.2, 0.25) is 0 Å². The average Bonchev–Trinajstić information content (AvgIpc) is 2.43. The summed E-state index contributed by atoms with van der Waals surface area (Å²) in [5, 5.41) is 5.32. The average molecular weight is 281 g/mol. The summed E-state index contributed by atoms with van der Waals surface area (Å²) < 4.78 is 17.8. The molecule has 3 amide bonds. The first-order chi connectivity index (χ1) is 9.61. The fraction of sp³-hybridized carbons (Fsp3) is 0.385. The van der Waals surface area contributed by atoms with Crippen LogP contribution in [0.25, 0.3) is 0 Å². The zero-order chi connectivity index (χ0) is 14.5. The quantitative estimate of drug-likeness (QED) is 0.861. The van der Waals surface area contributed by atoms with Gasteiger partial charge in [-0.05, 0) is 24.3 Å². The van der Waals surface area contributed by atoms with Crippen molar-refractivity contribution in [1.82, 2.24) is 10.2 Å². The summed E-state index contributed by atoms with van der Waals surface area (Å²) in [5.74, 6) is -0.620. The molecule has 1 atom stereocenters. The van der Waals surface area contributed by atoms with E-state index in [9.17, 15) is 14.0 Å². The first kappa shape index (κ1) is 14.3. The number of methoxy groups -OCH3 is 1. The van der Waals surface area contributed by atoms with Crippen LogP contribution < -0.4 is 10.6 Å². The second-order valence-corrected chi connectivity index (χ2v) is 4.39. The second kappa shape index (κ2) is 6.33. The zero-order valence-corrected chi connectivity index (χ0v) is 11.1. The number of piperazine rings is 1. The number of nitrogens with one attached hydrogen (secondary N) is 2. The maximum Gasteiger partial charge on any atom is 0.322 e. The van der Waals surface area contributed by atoms with E-state index in [4.69, 9.17) is 4.74 Å². The van der Waals surface area contributed by atoms with Gasteiger partial charge < -0.3 is 20.3 Å². The minimum absolute atomic E-state index is 0.128. The Bertz CT molecular complexity index is 492. The van der Waals surface area contributed by atoms with Crippen LogP contribution in [-0.4, -0.2) is 49.7 Å². The normalized spacial score (nSPS) is 18.6. The minimum Gasteiger partial charge on any atom is -0.382 e. The monoisotopic (exact) mass is 281 g/mol. The van der Waals surface area contributed by atoms with Gasteiger partial charge in [0.2, 0.25) is 5.91 Å². The standard InChI is InChI=1S/C13H16FN3O3/c1-20-8-11-12(18)15-6-7-17(11)13(19)16-10-4-2-9(14)3-5-10/h2-5,11H,6-8H2,1H3,(H,15,18)(H,16,19). The van der Waals surface area contributed by atoms with Gasteiger partial charge in [0.15, 0.2) is 0 Å². The summed E-state index contributed by atoms with van der Waals surface area (Å²) in [5.41, 5.74) is 0.471. The molecule has 1 aromatic rings. The van der Waals surface area contributed by atoms with Crippen molar-refractivity contribution in [2.75, 3.05) is 32.1 Å². The molecule has 0 aromatic heterocycles. The lowest BCUT2D eigenvalue weighted by Gasteiger charge is -2.34. The highest BCUT2D eigenvalue weighted by atomic mass is 19.1. The Labute approximate surface area is 115 Å². The van der Waals surface area contributed by atoms with Gasteiger partial charge in [0.25, 0.3) is 0 Å². The molecule has 1 aliphatic heterocycles. The van der Waals surface area contributed by atoms with Crippen molar-refractivity contribution in [3.8, 4) is 0 Å². The van der Waals surface area contributed by atoms with Crippen molar-refractivity contribution in [2.24, 2.45) is 0 Å². The smallest absolute Gasteiger partial charge is 0.322 e. The molecule has 0 bridgehead atoms. The minimum atomic E-state index is -0.658. The molecule has 0 radical (unpaired) electrons. The summed E-state index contributed by atoms with van der Waals surface area (Å²) >= 11 is 0. The van der Waals surface area contributed by atoms with Crippen LogP contribution in [0.1, 0.15) is 0 Å². The van der Waals surface area contributed by atoms with Gasteiger partial charge in [0.1, 0.15) is 11.9 Å². The second-order valence-electron chi connectivity index (χ2n) is 4.39. The first-order valence-corrected chi connectivity index (χ1v) is 6.21. The number of ether oxygens (including phenoxy) is 1. The van der Waals surface area contributed by atoms with E-state index in [1.807, 2.05) is 0 Å². The largest absolute Gasteiger partial charge is 0.382 e. The maximum atomic E-state index is 12.8. The van der Waals surface area contributed by atoms with Gasteiger partial charge in [0, 0.05) is 25.9 Å². The van der Waals surface area contributed by atoms with Crippen LogP contribution >= 0.6 is 0 Å². The number of halogens is 1. The lowest BCUT2D eigenvalue weighted by atomic mass is 10.2. The van der Waals surface area contributed by atoms with Crippen molar-refractivity contribution in [3.05, 3.63) is 30.1 Å². The Morgan fingerprint density at radius 3 is 2.85 bits per heavy atom. The third-order valence-electron chi connectivity index (χ3n) is 3.01. The SMILES string of the molecule is COCC1C(=O)NCCN1C(=O)Nc1ccc(F)cc1. The Kier molecular flexibility index (Phi) is 4.52. The van der Waals surface area contributed by atoms with Crippen molar-refractivity contribution < 1.29 is 18.7 Å². The molecule has 1 saturated heterocycles. The van der Waals surface area contributed by atoms with Crippen molar-refractivity contribution >= 4 is 17.6 Å². The molecule has 6 nitrogen and oxygen atoms in total. The van der Waals surface area contributed by atoms with Crippen LogP contribution in [0.3, 0.4) is 0 Å². The molecule has 0 saturated carbocycles. The fourth-order valence-electron chi connectivity index (χ4n) is 2.01. The van der Waals surface area contributed by atoms with Crippen molar-refractivity contribution in [2.45, 2.75) is 6.04 Å². The summed E-state index contributed by atoms with van der Waals surface area (Å²) in [7, 11) is 1.47. The molecule has 1 heterocycles. The number of carbonyl (C=O) groups excluding carboxylic acids is 2. The van der Waals surface area contributed by atoms with Crippen LogP contribution in [0, 0.1) is 5.82 Å². The van der Waals surface area contributed by atoms with Crippen LogP contribution in [0.4, 0.5) is 14.9 Å². The zero-order valence-electron chi connectivity index (χ0n) is 11.1. The molecular formula is C13H16FN3O3. The number of hydrogen-bond donors (Lipinski definition) is 2. The number of rotatable bonds is 3. The Morgan fingerprint density at radius 2 is 2.20 bits per heavy atom. The summed E-state index contributed by atoms with van der Waals surface area (Å²) in [6.07, 6.45) is 0. The molecule has 1 aliphatic rings. The molecule has 1 unspecified atom stereocenters. The summed E-state index contributed by atoms with van der Waals surface area (Å²) in [6.45, 7) is 0.922. The van der Waals surface area contributed by atoms with Gasteiger partial charge in [-0.25, -0.2) is 9.18 Å². The molecule has 7 heteroatoms. The topological polar surface area (TPSA) is 70.7 Å². The molecule has 20 heavy (non-hydrogen) atoms. The van der Waals surface area contributed by atoms with E-state index in [-0.39, 0.29) is 18.3 Å². The molecule has 2 rings (SSSR count). The van der Waals surface area contributed by atoms with E-state index in [0.717, 1.165) is 0 Å². The van der Waals surface area contributed by atoms with E-state index in [1.165, 1.54) is 36.3 Å². The van der Waals surface area contributed by atoms with Crippen LogP contribution in [0.5, 0.6) is 0 Å². The van der Waals surface area contributed by atoms with Gasteiger partial charge in [-0.2, -0.15) is 0 Å². The Morgan fingerprint density at radius 1 is 1.50 bits per heavy atom. The van der Waals surface area contributed by atoms with E-state index in [1.54, 1.807) is 0 Å². The fourth-order valence-corrected chi connectivity index (χ4v) is 2.01. The van der Waals surface area contributed by atoms with Gasteiger partial charge in [-0.3, -0.25) is 4.79 Å². The van der Waals surface area contributed by atoms with Crippen molar-refractivity contribution in [3.63, 3.8) is 0 Å². The number of anilines is 1. The predicted molar refractivity (Wildman–Crippen MR) is 70.8 cm³/mol. The molecule has 2 N–H and O–H groups in total. The Balaban J connectivity index is 2.06. The molecule has 108 valence electrons. The number of carbonyl (C=O) groups is 2. The van der Waals surface area contributed by atoms with Gasteiger partial charge >= 0.3 is 6.03 Å². The molecule has 1 aromatic carbocycles. The van der Waals surface area contributed by atoms with Crippen molar-refractivity contribution in [1.29, 1.82) is 0 Å². The lowest BCUT2D eigenvalue weighted by molar-refractivity contribution is -0.129. The highest BCUT2D eigenvalue weighted by molar-refractivity contribution is 5.94. The van der Waals surface area contributed by atoms with Gasteiger partial charge in [-0.1, -0.05) is 0 Å². The first-order valence-electron chi connectivity index (χ1n) is 6.21. The number of amides is 3. The van der Waals surface area contributed by atoms with Gasteiger partial charge in [-0.15, -0.1) is 0 Å². The van der Waals surface area contributed by atoms with Gasteiger partial charge in [0.05, 0.1) is 6.61 Å². The predicted octanol–water partition coefficient (Wildman–Crippen LogP) is 0.804. The lowest BCUT2D eigenvalue weighted by Crippen LogP contribution is -2.59. The third kappa shape index (κ3) is 3.24. The van der Waals surface area contributed by atoms with Crippen LogP contribution in [0.15, 0.2) is 24.3 Å². The highest BCUT2D eigenvalue weighted by Gasteiger charge is 2.32. The Hall–Kier alpha value is -2.15. The van der Waals surface area contributed by atoms with E-state index in [2.05, 4.69) is 10.6 Å². The highest BCUT2D eigenvalue weighted by Crippen LogP contribution is 2.12. The molecule has 0 aliphatic carbocycles. The third-order valence-corrected chi connectivity index (χ3v) is 3.01. The van der Waals surface area contributed by atoms with Crippen LogP contribution in [-0.2, 0) is 9.53 Å².